The Morgan fingerprint density at radius 3 is 2.86 bits per heavy atom. The second kappa shape index (κ2) is 7.92. The summed E-state index contributed by atoms with van der Waals surface area (Å²) in [4.78, 5) is 19.3. The quantitative estimate of drug-likeness (QED) is 0.489. The molecule has 0 saturated carbocycles. The van der Waals surface area contributed by atoms with Gasteiger partial charge >= 0.3 is 0 Å². The molecule has 0 fully saturated rings. The van der Waals surface area contributed by atoms with Crippen LogP contribution in [0.1, 0.15) is 17.0 Å². The van der Waals surface area contributed by atoms with Gasteiger partial charge in [-0.05, 0) is 35.9 Å². The SMILES string of the molecule is N#C/C(=C\c1cnn(Cc2ccccc2Cl)c1)c1nc2cc(Cl)ccc2c(=O)[nH]1. The average molecular weight is 422 g/mol. The van der Waals surface area contributed by atoms with Crippen LogP contribution in [0.2, 0.25) is 10.0 Å². The lowest BCUT2D eigenvalue weighted by atomic mass is 10.2. The Morgan fingerprint density at radius 1 is 1.24 bits per heavy atom. The van der Waals surface area contributed by atoms with Crippen molar-refractivity contribution in [3.05, 3.63) is 92.2 Å². The zero-order valence-corrected chi connectivity index (χ0v) is 16.4. The van der Waals surface area contributed by atoms with Crippen LogP contribution in [0, 0.1) is 11.3 Å². The Morgan fingerprint density at radius 2 is 2.07 bits per heavy atom. The lowest BCUT2D eigenvalue weighted by Gasteiger charge is -2.03. The molecule has 29 heavy (non-hydrogen) atoms. The summed E-state index contributed by atoms with van der Waals surface area (Å²) >= 11 is 12.2. The zero-order chi connectivity index (χ0) is 20.4. The molecule has 1 N–H and O–H groups in total. The molecule has 0 bridgehead atoms. The standard InChI is InChI=1S/C21H13Cl2N5O/c22-16-5-6-17-19(8-16)26-20(27-21(17)29)15(9-24)7-13-10-25-28(11-13)12-14-3-1-2-4-18(14)23/h1-8,10-11H,12H2,(H,26,27,29)/b15-7+. The van der Waals surface area contributed by atoms with Crippen molar-refractivity contribution in [3.8, 4) is 6.07 Å². The fourth-order valence-electron chi connectivity index (χ4n) is 2.90. The maximum atomic E-state index is 12.3. The Kier molecular flexibility index (Phi) is 5.17. The summed E-state index contributed by atoms with van der Waals surface area (Å²) in [5, 5.41) is 15.4. The summed E-state index contributed by atoms with van der Waals surface area (Å²) in [5.41, 5.74) is 1.93. The van der Waals surface area contributed by atoms with E-state index in [0.29, 0.717) is 33.1 Å². The van der Waals surface area contributed by atoms with Gasteiger partial charge in [-0.1, -0.05) is 41.4 Å². The molecule has 2 heterocycles. The van der Waals surface area contributed by atoms with Gasteiger partial charge in [0.05, 0.1) is 29.2 Å². The highest BCUT2D eigenvalue weighted by atomic mass is 35.5. The molecule has 0 aliphatic carbocycles. The molecule has 4 aromatic rings. The maximum absolute atomic E-state index is 12.3. The second-order valence-electron chi connectivity index (χ2n) is 6.31. The van der Waals surface area contributed by atoms with Crippen LogP contribution < -0.4 is 5.56 Å². The topological polar surface area (TPSA) is 87.4 Å². The molecule has 0 aliphatic rings. The predicted molar refractivity (Wildman–Crippen MR) is 114 cm³/mol. The number of benzene rings is 2. The van der Waals surface area contributed by atoms with Crippen molar-refractivity contribution in [3.63, 3.8) is 0 Å². The van der Waals surface area contributed by atoms with Crippen LogP contribution in [0.25, 0.3) is 22.6 Å². The van der Waals surface area contributed by atoms with Crippen LogP contribution in [0.15, 0.2) is 59.7 Å². The third-order valence-electron chi connectivity index (χ3n) is 4.30. The fourth-order valence-corrected chi connectivity index (χ4v) is 3.26. The molecule has 0 amide bonds. The molecule has 0 aliphatic heterocycles. The number of nitrogens with one attached hydrogen (secondary N) is 1. The number of halogens is 2. The molecule has 0 atom stereocenters. The monoisotopic (exact) mass is 421 g/mol. The van der Waals surface area contributed by atoms with Crippen molar-refractivity contribution in [2.24, 2.45) is 0 Å². The van der Waals surface area contributed by atoms with Gasteiger partial charge in [-0.15, -0.1) is 0 Å². The zero-order valence-electron chi connectivity index (χ0n) is 14.9. The van der Waals surface area contributed by atoms with Gasteiger partial charge in [0, 0.05) is 21.8 Å². The summed E-state index contributed by atoms with van der Waals surface area (Å²) in [6, 6.07) is 14.4. The van der Waals surface area contributed by atoms with E-state index in [1.165, 1.54) is 0 Å². The predicted octanol–water partition coefficient (Wildman–Crippen LogP) is 4.54. The van der Waals surface area contributed by atoms with Crippen molar-refractivity contribution in [1.29, 1.82) is 5.26 Å². The van der Waals surface area contributed by atoms with Crippen LogP contribution in [-0.2, 0) is 6.54 Å². The molecule has 0 spiro atoms. The first-order chi connectivity index (χ1) is 14.0. The van der Waals surface area contributed by atoms with E-state index in [4.69, 9.17) is 23.2 Å². The normalized spacial score (nSPS) is 11.6. The molecule has 2 aromatic heterocycles. The smallest absolute Gasteiger partial charge is 0.259 e. The number of allylic oxidation sites excluding steroid dienone is 1. The second-order valence-corrected chi connectivity index (χ2v) is 7.15. The largest absolute Gasteiger partial charge is 0.305 e. The summed E-state index contributed by atoms with van der Waals surface area (Å²) < 4.78 is 1.72. The van der Waals surface area contributed by atoms with Crippen molar-refractivity contribution in [1.82, 2.24) is 19.7 Å². The van der Waals surface area contributed by atoms with Crippen molar-refractivity contribution < 1.29 is 0 Å². The highest BCUT2D eigenvalue weighted by Gasteiger charge is 2.10. The van der Waals surface area contributed by atoms with Gasteiger partial charge in [0.1, 0.15) is 6.07 Å². The number of hydrogen-bond donors (Lipinski definition) is 1. The van der Waals surface area contributed by atoms with Crippen LogP contribution in [0.5, 0.6) is 0 Å². The number of aromatic amines is 1. The highest BCUT2D eigenvalue weighted by Crippen LogP contribution is 2.19. The third-order valence-corrected chi connectivity index (χ3v) is 4.90. The highest BCUT2D eigenvalue weighted by molar-refractivity contribution is 6.31. The van der Waals surface area contributed by atoms with E-state index in [1.807, 2.05) is 24.3 Å². The van der Waals surface area contributed by atoms with Gasteiger partial charge in [0.2, 0.25) is 0 Å². The van der Waals surface area contributed by atoms with Gasteiger partial charge in [-0.25, -0.2) is 4.98 Å². The molecule has 0 unspecified atom stereocenters. The summed E-state index contributed by atoms with van der Waals surface area (Å²) in [6.07, 6.45) is 5.03. The van der Waals surface area contributed by atoms with E-state index in [-0.39, 0.29) is 17.0 Å². The molecule has 142 valence electrons. The summed E-state index contributed by atoms with van der Waals surface area (Å²) in [5.74, 6) is 0.172. The molecule has 0 radical (unpaired) electrons. The average Bonchev–Trinajstić information content (AvgIpc) is 3.14. The van der Waals surface area contributed by atoms with E-state index in [1.54, 1.807) is 41.4 Å². The minimum absolute atomic E-state index is 0.172. The first-order valence-electron chi connectivity index (χ1n) is 8.61. The number of nitriles is 1. The summed E-state index contributed by atoms with van der Waals surface area (Å²) in [6.45, 7) is 0.499. The van der Waals surface area contributed by atoms with E-state index in [2.05, 4.69) is 21.1 Å². The maximum Gasteiger partial charge on any atom is 0.259 e. The molecule has 4 rings (SSSR count). The Labute approximate surface area is 175 Å². The van der Waals surface area contributed by atoms with E-state index in [0.717, 1.165) is 5.56 Å². The molecule has 2 aromatic carbocycles. The van der Waals surface area contributed by atoms with Crippen LogP contribution >= 0.6 is 23.2 Å². The number of hydrogen-bond acceptors (Lipinski definition) is 4. The fraction of sp³-hybridized carbons (Fsp3) is 0.0476. The van der Waals surface area contributed by atoms with Crippen molar-refractivity contribution in [2.45, 2.75) is 6.54 Å². The van der Waals surface area contributed by atoms with Gasteiger partial charge in [0.15, 0.2) is 5.82 Å². The Balaban J connectivity index is 1.68. The first kappa shape index (κ1) is 18.9. The summed E-state index contributed by atoms with van der Waals surface area (Å²) in [7, 11) is 0. The Bertz CT molecular complexity index is 1350. The van der Waals surface area contributed by atoms with Gasteiger partial charge in [0.25, 0.3) is 5.56 Å². The van der Waals surface area contributed by atoms with Crippen molar-refractivity contribution in [2.75, 3.05) is 0 Å². The first-order valence-corrected chi connectivity index (χ1v) is 9.37. The number of aromatic nitrogens is 4. The number of nitrogens with zero attached hydrogens (tertiary/aromatic N) is 4. The number of rotatable bonds is 4. The van der Waals surface area contributed by atoms with E-state index < -0.39 is 0 Å². The lowest BCUT2D eigenvalue weighted by Crippen LogP contribution is -2.11. The molecular weight excluding hydrogens is 409 g/mol. The van der Waals surface area contributed by atoms with Gasteiger partial charge in [-0.3, -0.25) is 9.48 Å². The van der Waals surface area contributed by atoms with Crippen LogP contribution in [-0.4, -0.2) is 19.7 Å². The van der Waals surface area contributed by atoms with E-state index >= 15 is 0 Å². The van der Waals surface area contributed by atoms with E-state index in [9.17, 15) is 10.1 Å². The lowest BCUT2D eigenvalue weighted by molar-refractivity contribution is 0.687. The number of fused-ring (bicyclic) bond motifs is 1. The molecule has 0 saturated heterocycles. The third kappa shape index (κ3) is 4.06. The number of H-pyrrole nitrogens is 1. The minimum atomic E-state index is -0.336. The van der Waals surface area contributed by atoms with Crippen LogP contribution in [0.4, 0.5) is 0 Å². The van der Waals surface area contributed by atoms with Crippen molar-refractivity contribution >= 4 is 45.8 Å². The molecular formula is C21H13Cl2N5O. The van der Waals surface area contributed by atoms with Gasteiger partial charge in [-0.2, -0.15) is 10.4 Å². The minimum Gasteiger partial charge on any atom is -0.305 e. The molecule has 6 nitrogen and oxygen atoms in total. The van der Waals surface area contributed by atoms with Crippen LogP contribution in [0.3, 0.4) is 0 Å². The Hall–Kier alpha value is -3.40. The van der Waals surface area contributed by atoms with Gasteiger partial charge < -0.3 is 4.98 Å². The molecule has 8 heteroatoms.